The van der Waals surface area contributed by atoms with Gasteiger partial charge in [-0.3, -0.25) is 4.90 Å². The fourth-order valence-corrected chi connectivity index (χ4v) is 1.91. The van der Waals surface area contributed by atoms with Crippen LogP contribution in [-0.2, 0) is 9.47 Å². The third-order valence-electron chi connectivity index (χ3n) is 2.86. The van der Waals surface area contributed by atoms with E-state index in [9.17, 15) is 0 Å². The Labute approximate surface area is 79.0 Å². The van der Waals surface area contributed by atoms with E-state index in [2.05, 4.69) is 4.90 Å². The van der Waals surface area contributed by atoms with Crippen LogP contribution in [0.15, 0.2) is 0 Å². The van der Waals surface area contributed by atoms with Crippen LogP contribution in [0, 0.1) is 0 Å². The van der Waals surface area contributed by atoms with Crippen molar-refractivity contribution in [3.8, 4) is 0 Å². The number of rotatable bonds is 3. The van der Waals surface area contributed by atoms with Gasteiger partial charge in [-0.05, 0) is 6.42 Å². The molecule has 2 saturated heterocycles. The summed E-state index contributed by atoms with van der Waals surface area (Å²) < 4.78 is 10.9. The van der Waals surface area contributed by atoms with E-state index < -0.39 is 0 Å². The van der Waals surface area contributed by atoms with Crippen LogP contribution >= 0.6 is 0 Å². The number of nitrogens with zero attached hydrogens (tertiary/aromatic N) is 1. The van der Waals surface area contributed by atoms with Gasteiger partial charge in [-0.2, -0.15) is 0 Å². The first-order valence-electron chi connectivity index (χ1n) is 5.03. The standard InChI is InChI=1S/C9H18N2O2/c10-5-8-1-2-11(8)6-9-7-12-3-4-13-9/h8-9H,1-7,10H2. The second-order valence-corrected chi connectivity index (χ2v) is 3.74. The van der Waals surface area contributed by atoms with E-state index in [0.29, 0.717) is 6.04 Å². The zero-order valence-corrected chi connectivity index (χ0v) is 7.95. The van der Waals surface area contributed by atoms with Crippen LogP contribution in [-0.4, -0.2) is 56.5 Å². The molecule has 0 amide bonds. The van der Waals surface area contributed by atoms with Crippen LogP contribution in [0.3, 0.4) is 0 Å². The van der Waals surface area contributed by atoms with Crippen LogP contribution in [0.5, 0.6) is 0 Å². The highest BCUT2D eigenvalue weighted by Gasteiger charge is 2.29. The molecule has 2 fully saturated rings. The van der Waals surface area contributed by atoms with Crippen molar-refractivity contribution in [3.05, 3.63) is 0 Å². The van der Waals surface area contributed by atoms with Gasteiger partial charge in [0.25, 0.3) is 0 Å². The molecule has 0 aromatic rings. The number of ether oxygens (including phenoxy) is 2. The summed E-state index contributed by atoms with van der Waals surface area (Å²) in [6.45, 7) is 5.16. The van der Waals surface area contributed by atoms with E-state index in [1.807, 2.05) is 0 Å². The molecule has 76 valence electrons. The predicted octanol–water partition coefficient (Wildman–Crippen LogP) is -0.565. The van der Waals surface area contributed by atoms with Gasteiger partial charge < -0.3 is 15.2 Å². The molecule has 2 heterocycles. The molecule has 2 aliphatic heterocycles. The van der Waals surface area contributed by atoms with Crippen molar-refractivity contribution >= 4 is 0 Å². The van der Waals surface area contributed by atoms with Crippen LogP contribution in [0.25, 0.3) is 0 Å². The maximum absolute atomic E-state index is 5.62. The van der Waals surface area contributed by atoms with Gasteiger partial charge in [-0.25, -0.2) is 0 Å². The lowest BCUT2D eigenvalue weighted by atomic mass is 10.0. The van der Waals surface area contributed by atoms with Crippen LogP contribution < -0.4 is 5.73 Å². The molecular weight excluding hydrogens is 168 g/mol. The van der Waals surface area contributed by atoms with Crippen molar-refractivity contribution in [1.82, 2.24) is 4.90 Å². The molecule has 0 aromatic heterocycles. The van der Waals surface area contributed by atoms with E-state index in [-0.39, 0.29) is 6.10 Å². The first kappa shape index (κ1) is 9.40. The van der Waals surface area contributed by atoms with E-state index >= 15 is 0 Å². The maximum atomic E-state index is 5.62. The van der Waals surface area contributed by atoms with Gasteiger partial charge in [-0.15, -0.1) is 0 Å². The van der Waals surface area contributed by atoms with Gasteiger partial charge in [-0.1, -0.05) is 0 Å². The van der Waals surface area contributed by atoms with Gasteiger partial charge in [0.1, 0.15) is 0 Å². The molecule has 0 aliphatic carbocycles. The highest BCUT2D eigenvalue weighted by atomic mass is 16.6. The fraction of sp³-hybridized carbons (Fsp3) is 1.00. The molecule has 2 atom stereocenters. The monoisotopic (exact) mass is 186 g/mol. The summed E-state index contributed by atoms with van der Waals surface area (Å²) in [5.41, 5.74) is 5.62. The van der Waals surface area contributed by atoms with Crippen molar-refractivity contribution in [1.29, 1.82) is 0 Å². The number of hydrogen-bond donors (Lipinski definition) is 1. The molecule has 4 nitrogen and oxygen atoms in total. The van der Waals surface area contributed by atoms with Crippen LogP contribution in [0.1, 0.15) is 6.42 Å². The molecule has 2 rings (SSSR count). The zero-order chi connectivity index (χ0) is 9.10. The van der Waals surface area contributed by atoms with E-state index in [0.717, 1.165) is 32.9 Å². The molecule has 4 heteroatoms. The molecule has 2 unspecified atom stereocenters. The predicted molar refractivity (Wildman–Crippen MR) is 49.6 cm³/mol. The average molecular weight is 186 g/mol. The number of hydrogen-bond acceptors (Lipinski definition) is 4. The second kappa shape index (κ2) is 4.37. The smallest absolute Gasteiger partial charge is 0.0936 e. The maximum Gasteiger partial charge on any atom is 0.0936 e. The Morgan fingerprint density at radius 1 is 1.38 bits per heavy atom. The third-order valence-corrected chi connectivity index (χ3v) is 2.86. The summed E-state index contributed by atoms with van der Waals surface area (Å²) in [4.78, 5) is 2.39. The molecule has 0 radical (unpaired) electrons. The average Bonchev–Trinajstić information content (AvgIpc) is 2.15. The van der Waals surface area contributed by atoms with Crippen molar-refractivity contribution < 1.29 is 9.47 Å². The van der Waals surface area contributed by atoms with Gasteiger partial charge in [0.2, 0.25) is 0 Å². The van der Waals surface area contributed by atoms with Gasteiger partial charge in [0.05, 0.1) is 25.9 Å². The summed E-state index contributed by atoms with van der Waals surface area (Å²) in [6.07, 6.45) is 1.51. The first-order chi connectivity index (χ1) is 6.40. The molecule has 2 N–H and O–H groups in total. The fourth-order valence-electron chi connectivity index (χ4n) is 1.91. The van der Waals surface area contributed by atoms with Gasteiger partial charge in [0, 0.05) is 25.7 Å². The van der Waals surface area contributed by atoms with Crippen molar-refractivity contribution in [2.75, 3.05) is 39.5 Å². The normalized spacial score (nSPS) is 35.8. The molecule has 2 aliphatic rings. The highest BCUT2D eigenvalue weighted by Crippen LogP contribution is 2.17. The topological polar surface area (TPSA) is 47.7 Å². The Bertz CT molecular complexity index is 158. The molecule has 0 bridgehead atoms. The summed E-state index contributed by atoms with van der Waals surface area (Å²) in [5.74, 6) is 0. The number of nitrogens with two attached hydrogens (primary N) is 1. The number of likely N-dealkylation sites (tertiary alicyclic amines) is 1. The van der Waals surface area contributed by atoms with Crippen LogP contribution in [0.2, 0.25) is 0 Å². The minimum Gasteiger partial charge on any atom is -0.376 e. The van der Waals surface area contributed by atoms with E-state index in [1.54, 1.807) is 0 Å². The molecular formula is C9H18N2O2. The Balaban J connectivity index is 1.70. The Morgan fingerprint density at radius 2 is 2.31 bits per heavy atom. The Kier molecular flexibility index (Phi) is 3.16. The van der Waals surface area contributed by atoms with Gasteiger partial charge in [0.15, 0.2) is 0 Å². The van der Waals surface area contributed by atoms with Crippen molar-refractivity contribution in [3.63, 3.8) is 0 Å². The molecule has 13 heavy (non-hydrogen) atoms. The quantitative estimate of drug-likeness (QED) is 0.641. The zero-order valence-electron chi connectivity index (χ0n) is 7.95. The van der Waals surface area contributed by atoms with Crippen LogP contribution in [0.4, 0.5) is 0 Å². The lowest BCUT2D eigenvalue weighted by Crippen LogP contribution is -2.55. The molecule has 0 aromatic carbocycles. The minimum atomic E-state index is 0.267. The van der Waals surface area contributed by atoms with Gasteiger partial charge >= 0.3 is 0 Å². The molecule has 0 spiro atoms. The lowest BCUT2D eigenvalue weighted by molar-refractivity contribution is -0.108. The minimum absolute atomic E-state index is 0.267. The Morgan fingerprint density at radius 3 is 2.85 bits per heavy atom. The largest absolute Gasteiger partial charge is 0.376 e. The second-order valence-electron chi connectivity index (χ2n) is 3.74. The SMILES string of the molecule is NCC1CCN1CC1COCCO1. The van der Waals surface area contributed by atoms with Crippen molar-refractivity contribution in [2.24, 2.45) is 5.73 Å². The Hall–Kier alpha value is -0.160. The van der Waals surface area contributed by atoms with E-state index in [1.165, 1.54) is 13.0 Å². The van der Waals surface area contributed by atoms with E-state index in [4.69, 9.17) is 15.2 Å². The highest BCUT2D eigenvalue weighted by molar-refractivity contribution is 4.85. The summed E-state index contributed by atoms with van der Waals surface area (Å²) in [7, 11) is 0. The summed E-state index contributed by atoms with van der Waals surface area (Å²) in [6, 6.07) is 0.588. The third kappa shape index (κ3) is 2.20. The lowest BCUT2D eigenvalue weighted by Gasteiger charge is -2.42. The molecule has 0 saturated carbocycles. The first-order valence-corrected chi connectivity index (χ1v) is 5.03. The summed E-state index contributed by atoms with van der Waals surface area (Å²) >= 11 is 0. The van der Waals surface area contributed by atoms with Crippen molar-refractivity contribution in [2.45, 2.75) is 18.6 Å². The summed E-state index contributed by atoms with van der Waals surface area (Å²) in [5, 5.41) is 0.